The summed E-state index contributed by atoms with van der Waals surface area (Å²) in [6.45, 7) is 7.47. The van der Waals surface area contributed by atoms with Gasteiger partial charge in [-0.3, -0.25) is 4.90 Å². The first kappa shape index (κ1) is 16.6. The zero-order valence-corrected chi connectivity index (χ0v) is 14.0. The summed E-state index contributed by atoms with van der Waals surface area (Å²) in [5.41, 5.74) is -0.486. The number of ether oxygens (including phenoxy) is 1. The number of amides is 1. The Morgan fingerprint density at radius 1 is 1.14 bits per heavy atom. The molecule has 1 amide bonds. The molecule has 1 aliphatic carbocycles. The minimum absolute atomic E-state index is 0.0909. The van der Waals surface area contributed by atoms with Gasteiger partial charge in [-0.25, -0.2) is 4.79 Å². The van der Waals surface area contributed by atoms with E-state index < -0.39 is 11.7 Å². The summed E-state index contributed by atoms with van der Waals surface area (Å²) in [4.78, 5) is 14.5. The van der Waals surface area contributed by atoms with E-state index in [1.54, 1.807) is 6.92 Å². The lowest BCUT2D eigenvalue weighted by Gasteiger charge is -2.38. The summed E-state index contributed by atoms with van der Waals surface area (Å²) in [5, 5.41) is 10.0. The molecule has 1 unspecified atom stereocenters. The molecule has 0 bridgehead atoms. The Bertz CT molecular complexity index is 356. The molecule has 1 saturated heterocycles. The Labute approximate surface area is 128 Å². The Balaban J connectivity index is 2.13. The Kier molecular flexibility index (Phi) is 5.18. The Morgan fingerprint density at radius 2 is 1.76 bits per heavy atom. The number of carbonyl (C=O) groups excluding carboxylic acids is 1. The third-order valence-corrected chi connectivity index (χ3v) is 4.83. The van der Waals surface area contributed by atoms with E-state index >= 15 is 0 Å². The predicted octanol–water partition coefficient (Wildman–Crippen LogP) is 3.72. The summed E-state index contributed by atoms with van der Waals surface area (Å²) in [5.74, 6) is 0.579. The van der Waals surface area contributed by atoms with E-state index in [0.29, 0.717) is 5.92 Å². The van der Waals surface area contributed by atoms with Crippen LogP contribution < -0.4 is 0 Å². The molecule has 2 rings (SSSR count). The van der Waals surface area contributed by atoms with Gasteiger partial charge in [0.15, 0.2) is 0 Å². The van der Waals surface area contributed by atoms with Gasteiger partial charge in [0.05, 0.1) is 12.1 Å². The van der Waals surface area contributed by atoms with Crippen LogP contribution in [0.2, 0.25) is 0 Å². The molecule has 4 heteroatoms. The number of hydrogen-bond donors (Lipinski definition) is 1. The SMILES string of the molecule is CC(O)[C@H]1CC[C@@H](C2CCCCC2)N1C(=O)OC(C)(C)C. The topological polar surface area (TPSA) is 49.8 Å². The maximum Gasteiger partial charge on any atom is 0.410 e. The normalized spacial score (nSPS) is 29.5. The van der Waals surface area contributed by atoms with E-state index in [1.807, 2.05) is 25.7 Å². The molecule has 2 aliphatic rings. The van der Waals surface area contributed by atoms with Crippen LogP contribution in [0, 0.1) is 5.92 Å². The van der Waals surface area contributed by atoms with Gasteiger partial charge in [0, 0.05) is 6.04 Å². The predicted molar refractivity (Wildman–Crippen MR) is 83.1 cm³/mol. The molecule has 0 aromatic heterocycles. The van der Waals surface area contributed by atoms with Crippen molar-refractivity contribution in [2.24, 2.45) is 5.92 Å². The largest absolute Gasteiger partial charge is 0.444 e. The molecule has 21 heavy (non-hydrogen) atoms. The summed E-state index contributed by atoms with van der Waals surface area (Å²) in [7, 11) is 0. The van der Waals surface area contributed by atoms with Gasteiger partial charge in [-0.15, -0.1) is 0 Å². The highest BCUT2D eigenvalue weighted by molar-refractivity contribution is 5.69. The van der Waals surface area contributed by atoms with Gasteiger partial charge in [-0.1, -0.05) is 19.3 Å². The summed E-state index contributed by atoms with van der Waals surface area (Å²) in [6.07, 6.45) is 7.40. The van der Waals surface area contributed by atoms with Crippen molar-refractivity contribution in [3.05, 3.63) is 0 Å². The van der Waals surface area contributed by atoms with Crippen molar-refractivity contribution in [1.82, 2.24) is 4.90 Å². The van der Waals surface area contributed by atoms with Crippen molar-refractivity contribution in [3.8, 4) is 0 Å². The molecule has 0 aromatic rings. The van der Waals surface area contributed by atoms with Gasteiger partial charge in [-0.05, 0) is 59.3 Å². The monoisotopic (exact) mass is 297 g/mol. The van der Waals surface area contributed by atoms with E-state index in [9.17, 15) is 9.90 Å². The smallest absolute Gasteiger partial charge is 0.410 e. The second kappa shape index (κ2) is 6.55. The van der Waals surface area contributed by atoms with Gasteiger partial charge in [-0.2, -0.15) is 0 Å². The average Bonchev–Trinajstić information content (AvgIpc) is 2.82. The van der Waals surface area contributed by atoms with E-state index in [-0.39, 0.29) is 18.2 Å². The molecular weight excluding hydrogens is 266 g/mol. The van der Waals surface area contributed by atoms with Crippen LogP contribution in [0.5, 0.6) is 0 Å². The van der Waals surface area contributed by atoms with Crippen LogP contribution in [0.1, 0.15) is 72.6 Å². The number of likely N-dealkylation sites (tertiary alicyclic amines) is 1. The van der Waals surface area contributed by atoms with E-state index in [0.717, 1.165) is 12.8 Å². The molecule has 3 atom stereocenters. The zero-order valence-electron chi connectivity index (χ0n) is 14.0. The standard InChI is InChI=1S/C17H31NO3/c1-12(19)14-10-11-15(13-8-6-5-7-9-13)18(14)16(20)21-17(2,3)4/h12-15,19H,5-11H2,1-4H3/t12?,14-,15+/m1/s1. The highest BCUT2D eigenvalue weighted by Gasteiger charge is 2.44. The number of rotatable bonds is 2. The second-order valence-electron chi connectivity index (χ2n) is 7.74. The van der Waals surface area contributed by atoms with Crippen molar-refractivity contribution in [1.29, 1.82) is 0 Å². The van der Waals surface area contributed by atoms with Crippen molar-refractivity contribution < 1.29 is 14.6 Å². The second-order valence-corrected chi connectivity index (χ2v) is 7.74. The van der Waals surface area contributed by atoms with Gasteiger partial charge in [0.2, 0.25) is 0 Å². The highest BCUT2D eigenvalue weighted by atomic mass is 16.6. The first-order valence-corrected chi connectivity index (χ1v) is 8.49. The molecule has 0 aromatic carbocycles. The van der Waals surface area contributed by atoms with Crippen molar-refractivity contribution in [2.45, 2.75) is 96.4 Å². The Morgan fingerprint density at radius 3 is 2.29 bits per heavy atom. The molecule has 1 aliphatic heterocycles. The number of aliphatic hydroxyl groups is 1. The molecule has 0 spiro atoms. The quantitative estimate of drug-likeness (QED) is 0.845. The fraction of sp³-hybridized carbons (Fsp3) is 0.941. The molecular formula is C17H31NO3. The van der Waals surface area contributed by atoms with Crippen LogP contribution in [-0.2, 0) is 4.74 Å². The lowest BCUT2D eigenvalue weighted by Crippen LogP contribution is -2.50. The van der Waals surface area contributed by atoms with Gasteiger partial charge in [0.25, 0.3) is 0 Å². The average molecular weight is 297 g/mol. The molecule has 0 radical (unpaired) electrons. The summed E-state index contributed by atoms with van der Waals surface area (Å²) >= 11 is 0. The maximum atomic E-state index is 12.6. The molecule has 4 nitrogen and oxygen atoms in total. The lowest BCUT2D eigenvalue weighted by molar-refractivity contribution is -0.00965. The first-order chi connectivity index (χ1) is 9.79. The third-order valence-electron chi connectivity index (χ3n) is 4.83. The summed E-state index contributed by atoms with van der Waals surface area (Å²) < 4.78 is 5.60. The van der Waals surface area contributed by atoms with Gasteiger partial charge < -0.3 is 9.84 Å². The van der Waals surface area contributed by atoms with Crippen LogP contribution in [0.15, 0.2) is 0 Å². The van der Waals surface area contributed by atoms with Crippen molar-refractivity contribution in [3.63, 3.8) is 0 Å². The van der Waals surface area contributed by atoms with Crippen LogP contribution >= 0.6 is 0 Å². The fourth-order valence-corrected chi connectivity index (χ4v) is 3.91. The third kappa shape index (κ3) is 4.12. The number of hydrogen-bond acceptors (Lipinski definition) is 3. The molecule has 1 N–H and O–H groups in total. The number of aliphatic hydroxyl groups excluding tert-OH is 1. The van der Waals surface area contributed by atoms with Crippen LogP contribution in [0.3, 0.4) is 0 Å². The maximum absolute atomic E-state index is 12.6. The van der Waals surface area contributed by atoms with E-state index in [1.165, 1.54) is 32.1 Å². The van der Waals surface area contributed by atoms with Crippen molar-refractivity contribution in [2.75, 3.05) is 0 Å². The first-order valence-electron chi connectivity index (χ1n) is 8.49. The molecule has 1 heterocycles. The van der Waals surface area contributed by atoms with Crippen LogP contribution in [-0.4, -0.2) is 39.9 Å². The number of nitrogens with zero attached hydrogens (tertiary/aromatic N) is 1. The number of carbonyl (C=O) groups is 1. The zero-order chi connectivity index (χ0) is 15.6. The molecule has 1 saturated carbocycles. The van der Waals surface area contributed by atoms with E-state index in [4.69, 9.17) is 4.74 Å². The summed E-state index contributed by atoms with van der Waals surface area (Å²) in [6, 6.07) is 0.159. The fourth-order valence-electron chi connectivity index (χ4n) is 3.91. The minimum atomic E-state index is -0.494. The lowest BCUT2D eigenvalue weighted by atomic mass is 9.83. The van der Waals surface area contributed by atoms with Crippen LogP contribution in [0.25, 0.3) is 0 Å². The molecule has 122 valence electrons. The van der Waals surface area contributed by atoms with Crippen molar-refractivity contribution >= 4 is 6.09 Å². The highest BCUT2D eigenvalue weighted by Crippen LogP contribution is 2.38. The van der Waals surface area contributed by atoms with Crippen LogP contribution in [0.4, 0.5) is 4.79 Å². The Hall–Kier alpha value is -0.770. The van der Waals surface area contributed by atoms with Gasteiger partial charge >= 0.3 is 6.09 Å². The minimum Gasteiger partial charge on any atom is -0.444 e. The van der Waals surface area contributed by atoms with Gasteiger partial charge in [0.1, 0.15) is 5.60 Å². The van der Waals surface area contributed by atoms with E-state index in [2.05, 4.69) is 0 Å². The molecule has 2 fully saturated rings.